The number of hydrogen-bond donors (Lipinski definition) is 2. The molecule has 31 heavy (non-hydrogen) atoms. The second-order valence-electron chi connectivity index (χ2n) is 7.97. The van der Waals surface area contributed by atoms with Crippen molar-refractivity contribution < 1.29 is 28.2 Å². The lowest BCUT2D eigenvalue weighted by Crippen LogP contribution is -2.41. The van der Waals surface area contributed by atoms with Crippen LogP contribution in [0.25, 0.3) is 0 Å². The van der Waals surface area contributed by atoms with Gasteiger partial charge in [0.1, 0.15) is 11.4 Å². The molecule has 7 nitrogen and oxygen atoms in total. The van der Waals surface area contributed by atoms with Gasteiger partial charge in [-0.2, -0.15) is 0 Å². The molecule has 2 N–H and O–H groups in total. The third-order valence-corrected chi connectivity index (χ3v) is 4.32. The minimum absolute atomic E-state index is 0.215. The number of ketones is 1. The SMILES string of the molecule is CC(C)(C)OC(=O)NCCCC[C@H](NC(=O)c1cccc(OCCCF)c1)C(=O)CCl. The normalized spacial score (nSPS) is 12.0. The molecule has 0 aromatic heterocycles. The number of hydrogen-bond acceptors (Lipinski definition) is 5. The number of Topliss-reactive ketones (excluding diaryl/α,β-unsaturated/α-hetero) is 1. The Bertz CT molecular complexity index is 724. The molecule has 0 bridgehead atoms. The molecule has 0 aliphatic carbocycles. The van der Waals surface area contributed by atoms with Gasteiger partial charge in [-0.25, -0.2) is 4.79 Å². The van der Waals surface area contributed by atoms with Crippen molar-refractivity contribution in [2.75, 3.05) is 25.7 Å². The average Bonchev–Trinajstić information content (AvgIpc) is 2.71. The topological polar surface area (TPSA) is 93.7 Å². The van der Waals surface area contributed by atoms with Crippen LogP contribution in [0.3, 0.4) is 0 Å². The summed E-state index contributed by atoms with van der Waals surface area (Å²) in [5.41, 5.74) is -0.237. The molecule has 0 aliphatic heterocycles. The first-order chi connectivity index (χ1) is 14.7. The maximum atomic E-state index is 12.6. The molecule has 1 aromatic rings. The minimum atomic E-state index is -0.734. The summed E-state index contributed by atoms with van der Waals surface area (Å²) in [6.45, 7) is 5.47. The van der Waals surface area contributed by atoms with E-state index in [-0.39, 0.29) is 24.7 Å². The summed E-state index contributed by atoms with van der Waals surface area (Å²) >= 11 is 5.69. The van der Waals surface area contributed by atoms with E-state index in [2.05, 4.69) is 10.6 Å². The lowest BCUT2D eigenvalue weighted by atomic mass is 10.1. The molecule has 0 aliphatic rings. The van der Waals surface area contributed by atoms with Crippen LogP contribution in [0.15, 0.2) is 24.3 Å². The van der Waals surface area contributed by atoms with Gasteiger partial charge >= 0.3 is 6.09 Å². The Morgan fingerprint density at radius 1 is 1.16 bits per heavy atom. The highest BCUT2D eigenvalue weighted by molar-refractivity contribution is 6.28. The van der Waals surface area contributed by atoms with Gasteiger partial charge in [-0.3, -0.25) is 14.0 Å². The highest BCUT2D eigenvalue weighted by Crippen LogP contribution is 2.14. The molecule has 0 unspecified atom stereocenters. The predicted octanol–water partition coefficient (Wildman–Crippen LogP) is 4.03. The number of carbonyl (C=O) groups is 3. The second-order valence-corrected chi connectivity index (χ2v) is 8.24. The number of amides is 2. The zero-order chi connectivity index (χ0) is 23.3. The fourth-order valence-electron chi connectivity index (χ4n) is 2.60. The summed E-state index contributed by atoms with van der Waals surface area (Å²) in [4.78, 5) is 36.4. The molecule has 0 radical (unpaired) electrons. The van der Waals surface area contributed by atoms with Gasteiger partial charge < -0.3 is 20.1 Å². The summed E-state index contributed by atoms with van der Waals surface area (Å²) in [6.07, 6.45) is 1.36. The van der Waals surface area contributed by atoms with Crippen LogP contribution in [0, 0.1) is 0 Å². The van der Waals surface area contributed by atoms with Gasteiger partial charge in [0.15, 0.2) is 5.78 Å². The third-order valence-electron chi connectivity index (χ3n) is 4.06. The van der Waals surface area contributed by atoms with Crippen molar-refractivity contribution in [3.63, 3.8) is 0 Å². The highest BCUT2D eigenvalue weighted by Gasteiger charge is 2.21. The standard InChI is InChI=1S/C22H32ClFN2O5/c1-22(2,3)31-21(29)25-12-5-4-10-18(19(27)15-23)26-20(28)16-8-6-9-17(14-16)30-13-7-11-24/h6,8-9,14,18H,4-5,7,10-13,15H2,1-3H3,(H,25,29)(H,26,28)/t18-/m0/s1. The number of alkyl halides is 2. The van der Waals surface area contributed by atoms with Gasteiger partial charge in [0, 0.05) is 18.5 Å². The molecule has 0 heterocycles. The van der Waals surface area contributed by atoms with Crippen LogP contribution in [0.2, 0.25) is 0 Å². The van der Waals surface area contributed by atoms with Crippen molar-refractivity contribution in [1.29, 1.82) is 0 Å². The van der Waals surface area contributed by atoms with Crippen LogP contribution in [-0.4, -0.2) is 55.1 Å². The summed E-state index contributed by atoms with van der Waals surface area (Å²) in [6, 6.07) is 5.74. The molecule has 174 valence electrons. The number of carbonyl (C=O) groups excluding carboxylic acids is 3. The summed E-state index contributed by atoms with van der Waals surface area (Å²) in [5, 5.41) is 5.36. The number of ether oxygens (including phenoxy) is 2. The van der Waals surface area contributed by atoms with Crippen molar-refractivity contribution in [1.82, 2.24) is 10.6 Å². The largest absolute Gasteiger partial charge is 0.493 e. The Balaban J connectivity index is 2.53. The summed E-state index contributed by atoms with van der Waals surface area (Å²) in [7, 11) is 0. The molecular formula is C22H32ClFN2O5. The van der Waals surface area contributed by atoms with Crippen LogP contribution in [0.1, 0.15) is 56.8 Å². The lowest BCUT2D eigenvalue weighted by molar-refractivity contribution is -0.118. The molecule has 0 saturated carbocycles. The van der Waals surface area contributed by atoms with E-state index in [0.29, 0.717) is 37.1 Å². The first-order valence-corrected chi connectivity index (χ1v) is 10.8. The van der Waals surface area contributed by atoms with Gasteiger partial charge in [-0.15, -0.1) is 11.6 Å². The molecule has 1 rings (SSSR count). The number of benzene rings is 1. The van der Waals surface area contributed by atoms with Crippen LogP contribution in [0.4, 0.5) is 9.18 Å². The van der Waals surface area contributed by atoms with E-state index in [4.69, 9.17) is 21.1 Å². The number of alkyl carbamates (subject to hydrolysis) is 1. The van der Waals surface area contributed by atoms with E-state index in [1.54, 1.807) is 45.0 Å². The van der Waals surface area contributed by atoms with Crippen molar-refractivity contribution in [3.05, 3.63) is 29.8 Å². The van der Waals surface area contributed by atoms with Crippen LogP contribution >= 0.6 is 11.6 Å². The number of halogens is 2. The quantitative estimate of drug-likeness (QED) is 0.344. The molecule has 1 atom stereocenters. The zero-order valence-electron chi connectivity index (χ0n) is 18.3. The van der Waals surface area contributed by atoms with Gasteiger partial charge in [0.2, 0.25) is 0 Å². The fourth-order valence-corrected chi connectivity index (χ4v) is 2.78. The van der Waals surface area contributed by atoms with E-state index < -0.39 is 30.3 Å². The second kappa shape index (κ2) is 13.9. The van der Waals surface area contributed by atoms with Crippen LogP contribution < -0.4 is 15.4 Å². The van der Waals surface area contributed by atoms with Crippen LogP contribution in [-0.2, 0) is 9.53 Å². The van der Waals surface area contributed by atoms with E-state index in [1.165, 1.54) is 0 Å². The van der Waals surface area contributed by atoms with Crippen molar-refractivity contribution >= 4 is 29.4 Å². The van der Waals surface area contributed by atoms with Gasteiger partial charge in [0.05, 0.1) is 25.2 Å². The maximum Gasteiger partial charge on any atom is 0.407 e. The first kappa shape index (κ1) is 26.7. The first-order valence-electron chi connectivity index (χ1n) is 10.3. The Morgan fingerprint density at radius 2 is 1.90 bits per heavy atom. The summed E-state index contributed by atoms with van der Waals surface area (Å²) in [5.74, 6) is -0.473. The molecule has 9 heteroatoms. The molecule has 2 amide bonds. The van der Waals surface area contributed by atoms with Crippen LogP contribution in [0.5, 0.6) is 5.75 Å². The Morgan fingerprint density at radius 3 is 2.55 bits per heavy atom. The van der Waals surface area contributed by atoms with E-state index in [9.17, 15) is 18.8 Å². The predicted molar refractivity (Wildman–Crippen MR) is 118 cm³/mol. The molecular weight excluding hydrogens is 427 g/mol. The van der Waals surface area contributed by atoms with E-state index in [0.717, 1.165) is 0 Å². The minimum Gasteiger partial charge on any atom is -0.493 e. The van der Waals surface area contributed by atoms with Gasteiger partial charge in [-0.1, -0.05) is 6.07 Å². The van der Waals surface area contributed by atoms with E-state index in [1.807, 2.05) is 0 Å². The van der Waals surface area contributed by atoms with Crippen molar-refractivity contribution in [3.8, 4) is 5.75 Å². The number of unbranched alkanes of at least 4 members (excludes halogenated alkanes) is 1. The number of rotatable bonds is 13. The van der Waals surface area contributed by atoms with Crippen molar-refractivity contribution in [2.24, 2.45) is 0 Å². The van der Waals surface area contributed by atoms with Crippen molar-refractivity contribution in [2.45, 2.75) is 58.1 Å². The third kappa shape index (κ3) is 11.6. The van der Waals surface area contributed by atoms with Gasteiger partial charge in [0.25, 0.3) is 5.91 Å². The molecule has 0 saturated heterocycles. The molecule has 1 aromatic carbocycles. The monoisotopic (exact) mass is 458 g/mol. The maximum absolute atomic E-state index is 12.6. The highest BCUT2D eigenvalue weighted by atomic mass is 35.5. The zero-order valence-corrected chi connectivity index (χ0v) is 19.1. The molecule has 0 spiro atoms. The van der Waals surface area contributed by atoms with E-state index >= 15 is 0 Å². The Kier molecular flexibility index (Phi) is 11.9. The lowest BCUT2D eigenvalue weighted by Gasteiger charge is -2.20. The Labute approximate surface area is 188 Å². The average molecular weight is 459 g/mol. The fraction of sp³-hybridized carbons (Fsp3) is 0.591. The Hall–Kier alpha value is -2.35. The molecule has 0 fully saturated rings. The number of nitrogens with one attached hydrogen (secondary N) is 2. The smallest absolute Gasteiger partial charge is 0.407 e. The van der Waals surface area contributed by atoms with Gasteiger partial charge in [-0.05, 0) is 58.2 Å². The summed E-state index contributed by atoms with van der Waals surface area (Å²) < 4.78 is 22.8.